The Morgan fingerprint density at radius 2 is 0.831 bits per heavy atom. The first-order valence-corrected chi connectivity index (χ1v) is 20.1. The van der Waals surface area contributed by atoms with Gasteiger partial charge in [-0.25, -0.2) is 19.2 Å². The van der Waals surface area contributed by atoms with Gasteiger partial charge in [-0.2, -0.15) is 0 Å². The van der Waals surface area contributed by atoms with Crippen molar-refractivity contribution >= 4 is 24.1 Å². The third kappa shape index (κ3) is 13.7. The second kappa shape index (κ2) is 21.3. The van der Waals surface area contributed by atoms with Gasteiger partial charge in [-0.15, -0.1) is 0 Å². The number of nitrogens with one attached hydrogen (secondary N) is 2. The maximum Gasteiger partial charge on any atom is 0.408 e. The van der Waals surface area contributed by atoms with Gasteiger partial charge in [0.1, 0.15) is 49.7 Å². The zero-order chi connectivity index (χ0) is 42.4. The molecule has 6 atom stereocenters. The minimum Gasteiger partial charge on any atom is -0.458 e. The molecule has 5 rings (SSSR count). The fourth-order valence-electron chi connectivity index (χ4n) is 6.76. The van der Waals surface area contributed by atoms with E-state index < -0.39 is 66.4 Å². The highest BCUT2D eigenvalue weighted by molar-refractivity contribution is 5.82. The van der Waals surface area contributed by atoms with E-state index in [9.17, 15) is 19.2 Å². The summed E-state index contributed by atoms with van der Waals surface area (Å²) in [4.78, 5) is 54.2. The van der Waals surface area contributed by atoms with Gasteiger partial charge in [0, 0.05) is 12.8 Å². The van der Waals surface area contributed by atoms with Gasteiger partial charge in [-0.05, 0) is 47.9 Å². The van der Waals surface area contributed by atoms with Gasteiger partial charge in [0.2, 0.25) is 0 Å². The number of esters is 2. The number of alkyl carbamates (subject to hydrolysis) is 2. The Labute approximate surface area is 346 Å². The van der Waals surface area contributed by atoms with Crippen molar-refractivity contribution in [2.45, 2.75) is 110 Å². The van der Waals surface area contributed by atoms with Crippen LogP contribution in [0.15, 0.2) is 121 Å². The Morgan fingerprint density at radius 3 is 1.14 bits per heavy atom. The molecule has 1 fully saturated rings. The Kier molecular flexibility index (Phi) is 16.0. The first-order valence-electron chi connectivity index (χ1n) is 20.1. The van der Waals surface area contributed by atoms with Crippen LogP contribution in [0.1, 0.15) is 63.8 Å². The van der Waals surface area contributed by atoms with Crippen molar-refractivity contribution in [1.29, 1.82) is 0 Å². The quantitative estimate of drug-likeness (QED) is 0.0757. The number of carbonyl (C=O) groups is 4. The lowest BCUT2D eigenvalue weighted by Crippen LogP contribution is -2.52. The number of carbonyl (C=O) groups excluding carboxylic acids is 4. The highest BCUT2D eigenvalue weighted by Gasteiger charge is 2.52. The fraction of sp³-hybridized carbons (Fsp3) is 0.404. The van der Waals surface area contributed by atoms with Crippen LogP contribution < -0.4 is 10.6 Å². The van der Waals surface area contributed by atoms with Gasteiger partial charge in [0.05, 0.1) is 0 Å². The van der Waals surface area contributed by atoms with Crippen molar-refractivity contribution in [2.24, 2.45) is 11.8 Å². The number of rotatable bonds is 18. The van der Waals surface area contributed by atoms with Crippen LogP contribution >= 0.6 is 0 Å². The standard InChI is InChI=1S/C47H56N2O10/c1-31(2)39(48-45(52)54-29-35-23-15-9-16-24-35)43(50)56-37(27-33-19-11-7-12-20-33)41-42(59-47(5,6)58-41)38(28-34-21-13-8-14-22-34)57-44(51)40(32(3)4)49-46(53)55-30-36-25-17-10-18-26-36/h7-26,31-32,37-42H,27-30H2,1-6H3,(H,48,52)(H,49,53)/t37-,38-,39-,40-,41+,42+/m0/s1. The van der Waals surface area contributed by atoms with E-state index in [0.29, 0.717) is 0 Å². The second-order valence-corrected chi connectivity index (χ2v) is 15.8. The summed E-state index contributed by atoms with van der Waals surface area (Å²) < 4.78 is 36.7. The monoisotopic (exact) mass is 808 g/mol. The molecule has 0 bridgehead atoms. The molecule has 59 heavy (non-hydrogen) atoms. The number of hydrogen-bond donors (Lipinski definition) is 2. The average molecular weight is 809 g/mol. The summed E-state index contributed by atoms with van der Waals surface area (Å²) in [6.07, 6.45) is -4.94. The molecule has 2 amide bonds. The molecule has 0 saturated carbocycles. The highest BCUT2D eigenvalue weighted by Crippen LogP contribution is 2.36. The molecule has 1 aliphatic heterocycles. The molecule has 12 heteroatoms. The summed E-state index contributed by atoms with van der Waals surface area (Å²) in [6, 6.07) is 35.2. The molecule has 12 nitrogen and oxygen atoms in total. The van der Waals surface area contributed by atoms with E-state index in [1.165, 1.54) is 0 Å². The van der Waals surface area contributed by atoms with Crippen LogP contribution in [-0.2, 0) is 64.1 Å². The van der Waals surface area contributed by atoms with E-state index in [1.54, 1.807) is 41.5 Å². The van der Waals surface area contributed by atoms with E-state index in [4.69, 9.17) is 28.4 Å². The van der Waals surface area contributed by atoms with Crippen molar-refractivity contribution in [1.82, 2.24) is 10.6 Å². The molecule has 0 spiro atoms. The molecule has 0 unspecified atom stereocenters. The van der Waals surface area contributed by atoms with Gasteiger partial charge < -0.3 is 39.1 Å². The molecule has 1 heterocycles. The summed E-state index contributed by atoms with van der Waals surface area (Å²) in [5, 5.41) is 5.38. The van der Waals surface area contributed by atoms with Gasteiger partial charge >= 0.3 is 24.1 Å². The van der Waals surface area contributed by atoms with E-state index in [-0.39, 0.29) is 37.9 Å². The second-order valence-electron chi connectivity index (χ2n) is 15.8. The van der Waals surface area contributed by atoms with Crippen molar-refractivity contribution in [2.75, 3.05) is 0 Å². The Bertz CT molecular complexity index is 1790. The van der Waals surface area contributed by atoms with Gasteiger partial charge in [-0.3, -0.25) is 0 Å². The molecule has 0 radical (unpaired) electrons. The lowest BCUT2D eigenvalue weighted by atomic mass is 9.93. The Morgan fingerprint density at radius 1 is 0.525 bits per heavy atom. The molecule has 1 aliphatic rings. The van der Waals surface area contributed by atoms with Crippen molar-refractivity contribution in [3.8, 4) is 0 Å². The molecule has 314 valence electrons. The van der Waals surface area contributed by atoms with Crippen LogP contribution in [0.5, 0.6) is 0 Å². The van der Waals surface area contributed by atoms with Crippen LogP contribution in [0.4, 0.5) is 9.59 Å². The summed E-state index contributed by atoms with van der Waals surface area (Å²) in [5.74, 6) is -3.32. The zero-order valence-corrected chi connectivity index (χ0v) is 34.6. The highest BCUT2D eigenvalue weighted by atomic mass is 16.8. The van der Waals surface area contributed by atoms with Gasteiger partial charge in [0.25, 0.3) is 0 Å². The van der Waals surface area contributed by atoms with Gasteiger partial charge in [0.15, 0.2) is 5.79 Å². The number of hydrogen-bond acceptors (Lipinski definition) is 10. The van der Waals surface area contributed by atoms with Crippen LogP contribution in [0.3, 0.4) is 0 Å². The number of benzene rings is 4. The van der Waals surface area contributed by atoms with Crippen LogP contribution in [0.25, 0.3) is 0 Å². The summed E-state index contributed by atoms with van der Waals surface area (Å²) in [5.41, 5.74) is 3.29. The molecule has 0 aliphatic carbocycles. The van der Waals surface area contributed by atoms with Gasteiger partial charge in [-0.1, -0.05) is 149 Å². The van der Waals surface area contributed by atoms with Crippen LogP contribution in [-0.4, -0.2) is 66.4 Å². The largest absolute Gasteiger partial charge is 0.458 e. The lowest BCUT2D eigenvalue weighted by molar-refractivity contribution is -0.176. The topological polar surface area (TPSA) is 148 Å². The Hall–Kier alpha value is -5.72. The van der Waals surface area contributed by atoms with E-state index in [2.05, 4.69) is 10.6 Å². The lowest BCUT2D eigenvalue weighted by Gasteiger charge is -2.33. The molecular formula is C47H56N2O10. The maximum atomic E-state index is 14.1. The Balaban J connectivity index is 1.40. The molecule has 2 N–H and O–H groups in total. The molecule has 4 aromatic carbocycles. The van der Waals surface area contributed by atoms with Crippen LogP contribution in [0.2, 0.25) is 0 Å². The zero-order valence-electron chi connectivity index (χ0n) is 34.6. The number of amides is 2. The van der Waals surface area contributed by atoms with E-state index in [1.807, 2.05) is 121 Å². The van der Waals surface area contributed by atoms with Crippen molar-refractivity contribution < 1.29 is 47.6 Å². The first-order chi connectivity index (χ1) is 28.3. The summed E-state index contributed by atoms with van der Waals surface area (Å²) in [7, 11) is 0. The summed E-state index contributed by atoms with van der Waals surface area (Å²) in [6.45, 7) is 10.7. The molecule has 0 aromatic heterocycles. The SMILES string of the molecule is CC(C)[C@H](NC(=O)OCc1ccccc1)C(=O)O[C@@H](Cc1ccccc1)[C@H]1OC(C)(C)O[C@@H]1[C@H](Cc1ccccc1)OC(=O)[C@@H](NC(=O)OCc1ccccc1)C(C)C. The molecule has 1 saturated heterocycles. The smallest absolute Gasteiger partial charge is 0.408 e. The normalized spacial score (nSPS) is 17.9. The third-order valence-electron chi connectivity index (χ3n) is 9.80. The minimum atomic E-state index is -1.19. The van der Waals surface area contributed by atoms with E-state index >= 15 is 0 Å². The molecule has 4 aromatic rings. The average Bonchev–Trinajstić information content (AvgIpc) is 3.56. The van der Waals surface area contributed by atoms with E-state index in [0.717, 1.165) is 22.3 Å². The number of ether oxygens (including phenoxy) is 6. The maximum absolute atomic E-state index is 14.1. The minimum absolute atomic E-state index is 0.0246. The van der Waals surface area contributed by atoms with Crippen molar-refractivity contribution in [3.05, 3.63) is 144 Å². The van der Waals surface area contributed by atoms with Crippen LogP contribution in [0, 0.1) is 11.8 Å². The first kappa shape index (κ1) is 44.4. The van der Waals surface area contributed by atoms with Crippen molar-refractivity contribution in [3.63, 3.8) is 0 Å². The predicted molar refractivity (Wildman–Crippen MR) is 221 cm³/mol. The summed E-state index contributed by atoms with van der Waals surface area (Å²) >= 11 is 0. The predicted octanol–water partition coefficient (Wildman–Crippen LogP) is 7.72. The molecular weight excluding hydrogens is 753 g/mol. The third-order valence-corrected chi connectivity index (χ3v) is 9.80. The fourth-order valence-corrected chi connectivity index (χ4v) is 6.76.